The Hall–Kier alpha value is -7.86. The van der Waals surface area contributed by atoms with E-state index in [4.69, 9.17) is 6.42 Å². The molecule has 0 spiro atoms. The van der Waals surface area contributed by atoms with E-state index in [9.17, 15) is 0 Å². The van der Waals surface area contributed by atoms with Crippen LogP contribution in [0.5, 0.6) is 0 Å². The first kappa shape index (κ1) is 37.4. The Balaban J connectivity index is 1.33. The Morgan fingerprint density at radius 2 is 0.803 bits per heavy atom. The lowest BCUT2D eigenvalue weighted by atomic mass is 9.84. The van der Waals surface area contributed by atoms with E-state index in [0.29, 0.717) is 6.42 Å². The molecule has 0 saturated carbocycles. The van der Waals surface area contributed by atoms with E-state index in [1.165, 1.54) is 65.7 Å². The minimum atomic E-state index is 0.693. The van der Waals surface area contributed by atoms with Crippen LogP contribution >= 0.6 is 0 Å². The summed E-state index contributed by atoms with van der Waals surface area (Å²) in [4.78, 5) is 4.72. The van der Waals surface area contributed by atoms with Gasteiger partial charge in [0, 0.05) is 40.5 Å². The highest BCUT2D eigenvalue weighted by Gasteiger charge is 2.22. The number of para-hydroxylation sites is 4. The molecular formula is C59H44N2. The molecule has 10 aromatic rings. The van der Waals surface area contributed by atoms with E-state index < -0.39 is 0 Å². The first-order valence-electron chi connectivity index (χ1n) is 21.0. The minimum absolute atomic E-state index is 0.693. The van der Waals surface area contributed by atoms with Crippen LogP contribution < -0.4 is 9.80 Å². The van der Waals surface area contributed by atoms with Gasteiger partial charge in [0.25, 0.3) is 0 Å². The molecule has 2 nitrogen and oxygen atoms in total. The summed E-state index contributed by atoms with van der Waals surface area (Å²) in [5, 5.41) is 7.19. The van der Waals surface area contributed by atoms with Gasteiger partial charge in [-0.3, -0.25) is 0 Å². The Morgan fingerprint density at radius 3 is 1.28 bits per heavy atom. The summed E-state index contributed by atoms with van der Waals surface area (Å²) in [6.45, 7) is 2.19. The van der Waals surface area contributed by atoms with Gasteiger partial charge >= 0.3 is 0 Å². The lowest BCUT2D eigenvalue weighted by molar-refractivity contribution is 1.01. The highest BCUT2D eigenvalue weighted by Crippen LogP contribution is 2.49. The van der Waals surface area contributed by atoms with Gasteiger partial charge in [-0.25, -0.2) is 0 Å². The average Bonchev–Trinajstić information content (AvgIpc) is 3.32. The van der Waals surface area contributed by atoms with Crippen molar-refractivity contribution in [3.05, 3.63) is 230 Å². The normalized spacial score (nSPS) is 11.1. The van der Waals surface area contributed by atoms with Crippen LogP contribution in [-0.4, -0.2) is 0 Å². The standard InChI is InChI=1S/C59H44N2/c1-3-4-19-44-38-46(31-30-42(44)2)58-54-36-34-53(61(50-26-13-7-14-27-50)51-28-15-8-16-29-51)41-57(54)59(47-33-32-43-20-17-18-21-45(43)39-47)55-37-35-52(40-56(55)58)60(48-22-9-5-10-23-48)49-24-11-6-12-25-49/h1,5-18,20-41H,4,19H2,2H3. The van der Waals surface area contributed by atoms with E-state index in [1.54, 1.807) is 0 Å². The first-order valence-corrected chi connectivity index (χ1v) is 21.0. The fourth-order valence-corrected chi connectivity index (χ4v) is 8.96. The maximum absolute atomic E-state index is 5.84. The van der Waals surface area contributed by atoms with Crippen molar-refractivity contribution in [3.63, 3.8) is 0 Å². The van der Waals surface area contributed by atoms with Crippen molar-refractivity contribution in [2.75, 3.05) is 9.80 Å². The first-order chi connectivity index (χ1) is 30.1. The molecule has 0 aliphatic rings. The number of terminal acetylenes is 1. The van der Waals surface area contributed by atoms with Crippen molar-refractivity contribution in [1.82, 2.24) is 0 Å². The molecule has 0 atom stereocenters. The van der Waals surface area contributed by atoms with E-state index in [0.717, 1.165) is 40.5 Å². The van der Waals surface area contributed by atoms with Crippen molar-refractivity contribution in [1.29, 1.82) is 0 Å². The predicted molar refractivity (Wildman–Crippen MR) is 261 cm³/mol. The van der Waals surface area contributed by atoms with Crippen molar-refractivity contribution >= 4 is 66.4 Å². The summed E-state index contributed by atoms with van der Waals surface area (Å²) in [6, 6.07) is 79.3. The number of hydrogen-bond acceptors (Lipinski definition) is 2. The molecule has 0 fully saturated rings. The number of rotatable bonds is 10. The third-order valence-electron chi connectivity index (χ3n) is 11.9. The monoisotopic (exact) mass is 780 g/mol. The van der Waals surface area contributed by atoms with Crippen molar-refractivity contribution in [3.8, 4) is 34.6 Å². The van der Waals surface area contributed by atoms with E-state index in [-0.39, 0.29) is 0 Å². The molecule has 290 valence electrons. The number of hydrogen-bond donors (Lipinski definition) is 0. The SMILES string of the molecule is C#CCCc1cc(-c2c3ccc(N(c4ccccc4)c4ccccc4)cc3c(-c3ccc4ccccc4c3)c3ccc(N(c4ccccc4)c4ccccc4)cc23)ccc1C. The summed E-state index contributed by atoms with van der Waals surface area (Å²) in [6.07, 6.45) is 7.36. The Kier molecular flexibility index (Phi) is 10.1. The summed E-state index contributed by atoms with van der Waals surface area (Å²) < 4.78 is 0. The molecule has 0 aliphatic heterocycles. The number of aryl methyl sites for hydroxylation is 2. The third kappa shape index (κ3) is 7.18. The molecule has 10 aromatic carbocycles. The molecule has 0 saturated heterocycles. The zero-order valence-electron chi connectivity index (χ0n) is 34.2. The van der Waals surface area contributed by atoms with Crippen molar-refractivity contribution in [2.24, 2.45) is 0 Å². The number of benzene rings is 10. The summed E-state index contributed by atoms with van der Waals surface area (Å²) in [5.74, 6) is 2.88. The van der Waals surface area contributed by atoms with Crippen molar-refractivity contribution < 1.29 is 0 Å². The van der Waals surface area contributed by atoms with Gasteiger partial charge in [-0.15, -0.1) is 12.3 Å². The lowest BCUT2D eigenvalue weighted by Crippen LogP contribution is -2.10. The third-order valence-corrected chi connectivity index (χ3v) is 11.9. The lowest BCUT2D eigenvalue weighted by Gasteiger charge is -2.28. The second-order valence-electron chi connectivity index (χ2n) is 15.6. The largest absolute Gasteiger partial charge is 0.310 e. The van der Waals surface area contributed by atoms with Gasteiger partial charge < -0.3 is 9.80 Å². The van der Waals surface area contributed by atoms with Crippen LogP contribution in [0.15, 0.2) is 218 Å². The topological polar surface area (TPSA) is 6.48 Å². The van der Waals surface area contributed by atoms with Crippen LogP contribution in [0.3, 0.4) is 0 Å². The summed E-state index contributed by atoms with van der Waals surface area (Å²) >= 11 is 0. The molecule has 0 aliphatic carbocycles. The Morgan fingerprint density at radius 1 is 0.377 bits per heavy atom. The molecule has 0 aromatic heterocycles. The van der Waals surface area contributed by atoms with Crippen LogP contribution in [0.4, 0.5) is 34.1 Å². The van der Waals surface area contributed by atoms with Gasteiger partial charge in [0.2, 0.25) is 0 Å². The second kappa shape index (κ2) is 16.4. The predicted octanol–water partition coefficient (Wildman–Crippen LogP) is 16.3. The van der Waals surface area contributed by atoms with E-state index >= 15 is 0 Å². The van der Waals surface area contributed by atoms with Crippen molar-refractivity contribution in [2.45, 2.75) is 19.8 Å². The molecule has 0 N–H and O–H groups in total. The number of nitrogens with zero attached hydrogens (tertiary/aromatic N) is 2. The van der Waals surface area contributed by atoms with Crippen LogP contribution in [0, 0.1) is 19.3 Å². The molecule has 10 rings (SSSR count). The quantitative estimate of drug-likeness (QED) is 0.101. The van der Waals surface area contributed by atoms with Crippen LogP contribution in [0.1, 0.15) is 17.5 Å². The molecule has 0 heterocycles. The second-order valence-corrected chi connectivity index (χ2v) is 15.6. The molecule has 0 radical (unpaired) electrons. The summed E-state index contributed by atoms with van der Waals surface area (Å²) in [7, 11) is 0. The fourth-order valence-electron chi connectivity index (χ4n) is 8.96. The van der Waals surface area contributed by atoms with Gasteiger partial charge in [0.1, 0.15) is 0 Å². The Bertz CT molecular complexity index is 3120. The van der Waals surface area contributed by atoms with Gasteiger partial charge in [-0.2, -0.15) is 0 Å². The number of anilines is 6. The highest BCUT2D eigenvalue weighted by atomic mass is 15.1. The zero-order valence-corrected chi connectivity index (χ0v) is 34.2. The fraction of sp³-hybridized carbons (Fsp3) is 0.0508. The van der Waals surface area contributed by atoms with E-state index in [2.05, 4.69) is 241 Å². The smallest absolute Gasteiger partial charge is 0.0468 e. The highest BCUT2D eigenvalue weighted by molar-refractivity contribution is 6.23. The Labute approximate surface area is 358 Å². The molecule has 0 unspecified atom stereocenters. The van der Waals surface area contributed by atoms with Gasteiger partial charge in [0.15, 0.2) is 0 Å². The molecule has 2 heteroatoms. The summed E-state index contributed by atoms with van der Waals surface area (Å²) in [5.41, 5.74) is 13.9. The van der Waals surface area contributed by atoms with Gasteiger partial charge in [-0.05, 0) is 158 Å². The van der Waals surface area contributed by atoms with E-state index in [1.807, 2.05) is 0 Å². The van der Waals surface area contributed by atoms with Gasteiger partial charge in [-0.1, -0.05) is 140 Å². The molecule has 0 bridgehead atoms. The zero-order chi connectivity index (χ0) is 41.1. The maximum Gasteiger partial charge on any atom is 0.0468 e. The number of fused-ring (bicyclic) bond motifs is 3. The van der Waals surface area contributed by atoms with Gasteiger partial charge in [0.05, 0.1) is 0 Å². The molecule has 0 amide bonds. The minimum Gasteiger partial charge on any atom is -0.310 e. The molecule has 61 heavy (non-hydrogen) atoms. The average molecular weight is 781 g/mol. The molecular weight excluding hydrogens is 737 g/mol. The van der Waals surface area contributed by atoms with Crippen LogP contribution in [0.2, 0.25) is 0 Å². The maximum atomic E-state index is 5.84. The van der Waals surface area contributed by atoms with Crippen LogP contribution in [-0.2, 0) is 6.42 Å². The van der Waals surface area contributed by atoms with Crippen LogP contribution in [0.25, 0.3) is 54.6 Å².